The number of Topliss-reactive ketones (excluding diaryl/α,β-unsaturated/α-hetero) is 1. The summed E-state index contributed by atoms with van der Waals surface area (Å²) in [5, 5.41) is 4.58. The summed E-state index contributed by atoms with van der Waals surface area (Å²) in [6.45, 7) is 3.42. The van der Waals surface area contributed by atoms with E-state index in [-0.39, 0.29) is 24.5 Å². The number of rotatable bonds is 7. The van der Waals surface area contributed by atoms with E-state index in [1.165, 1.54) is 0 Å². The van der Waals surface area contributed by atoms with Crippen molar-refractivity contribution in [3.05, 3.63) is 112 Å². The monoisotopic (exact) mass is 452 g/mol. The maximum Gasteiger partial charge on any atom is 0.344 e. The Hall–Kier alpha value is -4.32. The third-order valence-corrected chi connectivity index (χ3v) is 5.41. The van der Waals surface area contributed by atoms with Crippen LogP contribution in [0, 0.1) is 6.92 Å². The Morgan fingerprint density at radius 2 is 1.44 bits per heavy atom. The first-order chi connectivity index (χ1) is 16.5. The van der Waals surface area contributed by atoms with Crippen molar-refractivity contribution in [3.63, 3.8) is 0 Å². The molecule has 0 aliphatic heterocycles. The molecule has 6 nitrogen and oxygen atoms in total. The normalized spacial score (nSPS) is 10.6. The first kappa shape index (κ1) is 22.9. The summed E-state index contributed by atoms with van der Waals surface area (Å²) in [6.07, 6.45) is 0. The molecular weight excluding hydrogens is 428 g/mol. The van der Waals surface area contributed by atoms with Crippen molar-refractivity contribution in [1.82, 2.24) is 9.78 Å². The highest BCUT2D eigenvalue weighted by Crippen LogP contribution is 2.32. The molecule has 0 spiro atoms. The van der Waals surface area contributed by atoms with Gasteiger partial charge < -0.3 is 4.74 Å². The van der Waals surface area contributed by atoms with Gasteiger partial charge in [0.2, 0.25) is 0 Å². The SMILES string of the molecule is CCOC(=O)c1c(-c2ccccc2)c(-c2ccccc2)nn(CC(=O)c2ccc(C)cc2)c1=O. The molecule has 6 heteroatoms. The van der Waals surface area contributed by atoms with Crippen molar-refractivity contribution in [3.8, 4) is 22.4 Å². The van der Waals surface area contributed by atoms with Gasteiger partial charge in [0.25, 0.3) is 5.56 Å². The van der Waals surface area contributed by atoms with Gasteiger partial charge in [-0.1, -0.05) is 90.5 Å². The second kappa shape index (κ2) is 10.1. The summed E-state index contributed by atoms with van der Waals surface area (Å²) in [6, 6.07) is 25.5. The Kier molecular flexibility index (Phi) is 6.78. The fourth-order valence-corrected chi connectivity index (χ4v) is 3.72. The quantitative estimate of drug-likeness (QED) is 0.293. The van der Waals surface area contributed by atoms with Gasteiger partial charge in [-0.25, -0.2) is 9.48 Å². The number of hydrogen-bond acceptors (Lipinski definition) is 5. The summed E-state index contributed by atoms with van der Waals surface area (Å²) in [4.78, 5) is 39.5. The van der Waals surface area contributed by atoms with Crippen LogP contribution in [0.2, 0.25) is 0 Å². The molecule has 1 aromatic heterocycles. The van der Waals surface area contributed by atoms with Crippen molar-refractivity contribution in [2.75, 3.05) is 6.61 Å². The number of nitrogens with zero attached hydrogens (tertiary/aromatic N) is 2. The molecule has 0 bridgehead atoms. The summed E-state index contributed by atoms with van der Waals surface area (Å²) < 4.78 is 6.31. The molecule has 4 rings (SSSR count). The average molecular weight is 453 g/mol. The molecule has 0 unspecified atom stereocenters. The molecule has 0 atom stereocenters. The summed E-state index contributed by atoms with van der Waals surface area (Å²) >= 11 is 0. The molecule has 0 fully saturated rings. The third kappa shape index (κ3) is 4.71. The van der Waals surface area contributed by atoms with Crippen molar-refractivity contribution in [2.45, 2.75) is 20.4 Å². The first-order valence-corrected chi connectivity index (χ1v) is 11.0. The predicted octanol–water partition coefficient (Wildman–Crippen LogP) is 4.95. The Labute approximate surface area is 197 Å². The van der Waals surface area contributed by atoms with Crippen LogP contribution in [0.15, 0.2) is 89.7 Å². The smallest absolute Gasteiger partial charge is 0.344 e. The second-order valence-electron chi connectivity index (χ2n) is 7.80. The Morgan fingerprint density at radius 1 is 0.853 bits per heavy atom. The molecule has 0 amide bonds. The van der Waals surface area contributed by atoms with Gasteiger partial charge in [0.05, 0.1) is 12.3 Å². The van der Waals surface area contributed by atoms with Gasteiger partial charge in [0, 0.05) is 16.7 Å². The standard InChI is InChI=1S/C28H24N2O4/c1-3-34-28(33)25-24(21-10-6-4-7-11-21)26(22-12-8-5-9-13-22)29-30(27(25)32)18-23(31)20-16-14-19(2)15-17-20/h4-17H,3,18H2,1-2H3. The molecule has 34 heavy (non-hydrogen) atoms. The van der Waals surface area contributed by atoms with Crippen LogP contribution >= 0.6 is 0 Å². The maximum absolute atomic E-state index is 13.5. The Bertz CT molecular complexity index is 1380. The van der Waals surface area contributed by atoms with Crippen LogP contribution in [-0.4, -0.2) is 28.1 Å². The van der Waals surface area contributed by atoms with Crippen LogP contribution in [0.25, 0.3) is 22.4 Å². The number of ether oxygens (including phenoxy) is 1. The van der Waals surface area contributed by atoms with Crippen LogP contribution in [0.3, 0.4) is 0 Å². The molecule has 1 heterocycles. The molecule has 0 N–H and O–H groups in total. The predicted molar refractivity (Wildman–Crippen MR) is 131 cm³/mol. The number of aryl methyl sites for hydroxylation is 1. The van der Waals surface area contributed by atoms with Crippen molar-refractivity contribution in [1.29, 1.82) is 0 Å². The molecule has 0 aliphatic carbocycles. The number of hydrogen-bond donors (Lipinski definition) is 0. The Balaban J connectivity index is 1.95. The molecular formula is C28H24N2O4. The van der Waals surface area contributed by atoms with Gasteiger partial charge in [-0.05, 0) is 19.4 Å². The number of benzene rings is 3. The van der Waals surface area contributed by atoms with E-state index < -0.39 is 11.5 Å². The number of esters is 1. The van der Waals surface area contributed by atoms with E-state index in [9.17, 15) is 14.4 Å². The lowest BCUT2D eigenvalue weighted by Crippen LogP contribution is -2.33. The summed E-state index contributed by atoms with van der Waals surface area (Å²) in [5.74, 6) is -1.03. The molecule has 0 radical (unpaired) electrons. The molecule has 170 valence electrons. The van der Waals surface area contributed by atoms with Crippen LogP contribution in [-0.2, 0) is 11.3 Å². The zero-order chi connectivity index (χ0) is 24.1. The van der Waals surface area contributed by atoms with Gasteiger partial charge in [0.1, 0.15) is 12.1 Å². The summed E-state index contributed by atoms with van der Waals surface area (Å²) in [7, 11) is 0. The largest absolute Gasteiger partial charge is 0.462 e. The molecule has 3 aromatic carbocycles. The van der Waals surface area contributed by atoms with E-state index in [1.54, 1.807) is 19.1 Å². The Morgan fingerprint density at radius 3 is 2.03 bits per heavy atom. The number of aromatic nitrogens is 2. The fourth-order valence-electron chi connectivity index (χ4n) is 3.72. The van der Waals surface area contributed by atoms with E-state index in [0.717, 1.165) is 10.2 Å². The van der Waals surface area contributed by atoms with Gasteiger partial charge >= 0.3 is 5.97 Å². The lowest BCUT2D eigenvalue weighted by atomic mass is 9.95. The zero-order valence-electron chi connectivity index (χ0n) is 19.0. The first-order valence-electron chi connectivity index (χ1n) is 11.0. The average Bonchev–Trinajstić information content (AvgIpc) is 2.86. The minimum Gasteiger partial charge on any atom is -0.462 e. The van der Waals surface area contributed by atoms with E-state index in [0.29, 0.717) is 27.9 Å². The fraction of sp³-hybridized carbons (Fsp3) is 0.143. The minimum atomic E-state index is -0.748. The maximum atomic E-state index is 13.5. The minimum absolute atomic E-state index is 0.109. The van der Waals surface area contributed by atoms with Gasteiger partial charge in [-0.3, -0.25) is 9.59 Å². The zero-order valence-corrected chi connectivity index (χ0v) is 19.0. The van der Waals surface area contributed by atoms with Crippen LogP contribution in [0.4, 0.5) is 0 Å². The summed E-state index contributed by atoms with van der Waals surface area (Å²) in [5.41, 5.74) is 2.85. The van der Waals surface area contributed by atoms with Crippen LogP contribution in [0.5, 0.6) is 0 Å². The molecule has 0 saturated heterocycles. The highest BCUT2D eigenvalue weighted by Gasteiger charge is 2.26. The molecule has 0 saturated carbocycles. The van der Waals surface area contributed by atoms with E-state index in [4.69, 9.17) is 4.74 Å². The third-order valence-electron chi connectivity index (χ3n) is 5.41. The van der Waals surface area contributed by atoms with Gasteiger partial charge in [-0.15, -0.1) is 0 Å². The van der Waals surface area contributed by atoms with Crippen molar-refractivity contribution in [2.24, 2.45) is 0 Å². The number of carbonyl (C=O) groups is 2. The number of carbonyl (C=O) groups excluding carboxylic acids is 2. The molecule has 0 aliphatic rings. The van der Waals surface area contributed by atoms with Crippen molar-refractivity contribution >= 4 is 11.8 Å². The molecule has 4 aromatic rings. The van der Waals surface area contributed by atoms with Gasteiger partial charge in [-0.2, -0.15) is 5.10 Å². The second-order valence-corrected chi connectivity index (χ2v) is 7.80. The van der Waals surface area contributed by atoms with Crippen LogP contribution < -0.4 is 5.56 Å². The highest BCUT2D eigenvalue weighted by atomic mass is 16.5. The van der Waals surface area contributed by atoms with E-state index in [1.807, 2.05) is 79.7 Å². The lowest BCUT2D eigenvalue weighted by Gasteiger charge is -2.16. The van der Waals surface area contributed by atoms with Crippen molar-refractivity contribution < 1.29 is 14.3 Å². The van der Waals surface area contributed by atoms with E-state index in [2.05, 4.69) is 5.10 Å². The van der Waals surface area contributed by atoms with E-state index >= 15 is 0 Å². The highest BCUT2D eigenvalue weighted by molar-refractivity contribution is 6.01. The van der Waals surface area contributed by atoms with Gasteiger partial charge in [0.15, 0.2) is 5.78 Å². The lowest BCUT2D eigenvalue weighted by molar-refractivity contribution is 0.0523. The topological polar surface area (TPSA) is 78.3 Å². The van der Waals surface area contributed by atoms with Crippen LogP contribution in [0.1, 0.15) is 33.2 Å². The number of ketones is 1.